The number of cyclic esters (lactones) is 1. The number of rotatable bonds is 1. The van der Waals surface area contributed by atoms with Crippen LogP contribution in [0.25, 0.3) is 0 Å². The van der Waals surface area contributed by atoms with Crippen molar-refractivity contribution in [3.8, 4) is 0 Å². The molecule has 4 unspecified atom stereocenters. The Bertz CT molecular complexity index is 273. The summed E-state index contributed by atoms with van der Waals surface area (Å²) >= 11 is 0. The van der Waals surface area contributed by atoms with Gasteiger partial charge in [-0.05, 0) is 17.9 Å². The van der Waals surface area contributed by atoms with Crippen molar-refractivity contribution in [3.63, 3.8) is 0 Å². The van der Waals surface area contributed by atoms with Gasteiger partial charge in [0.05, 0.1) is 12.0 Å². The summed E-state index contributed by atoms with van der Waals surface area (Å²) in [6.45, 7) is 3.90. The van der Waals surface area contributed by atoms with E-state index < -0.39 is 12.0 Å². The predicted molar refractivity (Wildman–Crippen MR) is 48.3 cm³/mol. The average molecular weight is 198 g/mol. The Labute approximate surface area is 82.2 Å². The van der Waals surface area contributed by atoms with Crippen molar-refractivity contribution in [2.45, 2.75) is 12.5 Å². The Morgan fingerprint density at radius 1 is 1.57 bits per heavy atom. The molecule has 78 valence electrons. The lowest BCUT2D eigenvalue weighted by Crippen LogP contribution is -2.36. The van der Waals surface area contributed by atoms with Crippen LogP contribution in [0.3, 0.4) is 0 Å². The van der Waals surface area contributed by atoms with E-state index in [-0.39, 0.29) is 31.0 Å². The number of aliphatic hydroxyl groups is 2. The zero-order chi connectivity index (χ0) is 10.3. The Hall–Kier alpha value is -0.870. The highest BCUT2D eigenvalue weighted by atomic mass is 16.5. The third kappa shape index (κ3) is 1.26. The first-order valence-corrected chi connectivity index (χ1v) is 4.78. The van der Waals surface area contributed by atoms with E-state index in [0.717, 1.165) is 5.57 Å². The van der Waals surface area contributed by atoms with E-state index in [9.17, 15) is 9.90 Å². The topological polar surface area (TPSA) is 66.8 Å². The molecule has 0 amide bonds. The normalized spacial score (nSPS) is 42.1. The molecule has 0 aromatic heterocycles. The van der Waals surface area contributed by atoms with Gasteiger partial charge in [-0.15, -0.1) is 0 Å². The minimum Gasteiger partial charge on any atom is -0.461 e. The summed E-state index contributed by atoms with van der Waals surface area (Å²) < 4.78 is 4.92. The number of aliphatic hydroxyl groups excluding tert-OH is 2. The van der Waals surface area contributed by atoms with Gasteiger partial charge in [-0.1, -0.05) is 6.58 Å². The first kappa shape index (κ1) is 9.68. The van der Waals surface area contributed by atoms with Crippen LogP contribution in [0.5, 0.6) is 0 Å². The number of carbonyl (C=O) groups excluding carboxylic acids is 1. The summed E-state index contributed by atoms with van der Waals surface area (Å²) in [5.41, 5.74) is 0.851. The van der Waals surface area contributed by atoms with Crippen molar-refractivity contribution < 1.29 is 19.7 Å². The first-order chi connectivity index (χ1) is 6.65. The van der Waals surface area contributed by atoms with E-state index in [1.54, 1.807) is 0 Å². The molecule has 0 radical (unpaired) electrons. The maximum absolute atomic E-state index is 11.5. The molecule has 1 saturated carbocycles. The molecule has 4 nitrogen and oxygen atoms in total. The van der Waals surface area contributed by atoms with Gasteiger partial charge < -0.3 is 14.9 Å². The quantitative estimate of drug-likeness (QED) is 0.448. The summed E-state index contributed by atoms with van der Waals surface area (Å²) in [6, 6.07) is 0. The van der Waals surface area contributed by atoms with Crippen LogP contribution in [0.2, 0.25) is 0 Å². The monoisotopic (exact) mass is 198 g/mol. The lowest BCUT2D eigenvalue weighted by atomic mass is 9.84. The second-order valence-electron chi connectivity index (χ2n) is 4.05. The van der Waals surface area contributed by atoms with Crippen LogP contribution >= 0.6 is 0 Å². The van der Waals surface area contributed by atoms with Crippen LogP contribution in [-0.4, -0.2) is 35.5 Å². The molecule has 4 atom stereocenters. The summed E-state index contributed by atoms with van der Waals surface area (Å²) in [6.07, 6.45) is -0.0958. The summed E-state index contributed by atoms with van der Waals surface area (Å²) in [5, 5.41) is 18.7. The standard InChI is InChI=1S/C10H14O4/c1-5-4-14-10(13)9-6(5)2-8(12)7(9)3-11/h6-9,11-12H,1-4H2. The van der Waals surface area contributed by atoms with E-state index in [1.807, 2.05) is 0 Å². The predicted octanol–water partition coefficient (Wildman–Crippen LogP) is -0.295. The molecule has 2 rings (SSSR count). The zero-order valence-electron chi connectivity index (χ0n) is 7.85. The first-order valence-electron chi connectivity index (χ1n) is 4.78. The van der Waals surface area contributed by atoms with E-state index in [1.165, 1.54) is 0 Å². The molecule has 1 aliphatic heterocycles. The van der Waals surface area contributed by atoms with Crippen LogP contribution in [0.1, 0.15) is 6.42 Å². The van der Waals surface area contributed by atoms with Crippen molar-refractivity contribution in [3.05, 3.63) is 12.2 Å². The van der Waals surface area contributed by atoms with Crippen LogP contribution in [0, 0.1) is 17.8 Å². The molecule has 4 heteroatoms. The lowest BCUT2D eigenvalue weighted by molar-refractivity contribution is -0.154. The molecule has 0 spiro atoms. The van der Waals surface area contributed by atoms with Gasteiger partial charge in [0.1, 0.15) is 6.61 Å². The molecule has 0 aromatic rings. The van der Waals surface area contributed by atoms with E-state index in [0.29, 0.717) is 6.42 Å². The number of fused-ring (bicyclic) bond motifs is 1. The molecule has 2 N–H and O–H groups in total. The van der Waals surface area contributed by atoms with Gasteiger partial charge in [0, 0.05) is 12.5 Å². The van der Waals surface area contributed by atoms with E-state index in [2.05, 4.69) is 6.58 Å². The number of esters is 1. The van der Waals surface area contributed by atoms with Crippen LogP contribution in [-0.2, 0) is 9.53 Å². The van der Waals surface area contributed by atoms with E-state index in [4.69, 9.17) is 9.84 Å². The molecule has 2 fully saturated rings. The number of hydrogen-bond acceptors (Lipinski definition) is 4. The second-order valence-corrected chi connectivity index (χ2v) is 4.05. The van der Waals surface area contributed by atoms with Gasteiger partial charge >= 0.3 is 5.97 Å². The average Bonchev–Trinajstić information content (AvgIpc) is 2.50. The smallest absolute Gasteiger partial charge is 0.310 e. The molecule has 0 aromatic carbocycles. The number of hydrogen-bond donors (Lipinski definition) is 2. The maximum Gasteiger partial charge on any atom is 0.310 e. The van der Waals surface area contributed by atoms with Crippen molar-refractivity contribution >= 4 is 5.97 Å². The van der Waals surface area contributed by atoms with Gasteiger partial charge in [0.25, 0.3) is 0 Å². The highest BCUT2D eigenvalue weighted by Gasteiger charge is 2.50. The highest BCUT2D eigenvalue weighted by molar-refractivity contribution is 5.75. The molecule has 2 aliphatic rings. The van der Waals surface area contributed by atoms with Crippen LogP contribution in [0.4, 0.5) is 0 Å². The minimum absolute atomic E-state index is 0.0107. The fourth-order valence-electron chi connectivity index (χ4n) is 2.48. The zero-order valence-corrected chi connectivity index (χ0v) is 7.85. The van der Waals surface area contributed by atoms with Crippen molar-refractivity contribution in [2.75, 3.05) is 13.2 Å². The summed E-state index contributed by atoms with van der Waals surface area (Å²) in [4.78, 5) is 11.5. The van der Waals surface area contributed by atoms with Gasteiger partial charge in [-0.3, -0.25) is 4.79 Å². The van der Waals surface area contributed by atoms with Crippen molar-refractivity contribution in [1.29, 1.82) is 0 Å². The van der Waals surface area contributed by atoms with Crippen LogP contribution in [0.15, 0.2) is 12.2 Å². The largest absolute Gasteiger partial charge is 0.461 e. The van der Waals surface area contributed by atoms with Gasteiger partial charge in [0.15, 0.2) is 0 Å². The molecule has 0 bridgehead atoms. The van der Waals surface area contributed by atoms with Crippen LogP contribution < -0.4 is 0 Å². The van der Waals surface area contributed by atoms with Gasteiger partial charge in [0.2, 0.25) is 0 Å². The SMILES string of the molecule is C=C1COC(=O)C2C1CC(O)C2CO. The summed E-state index contributed by atoms with van der Waals surface area (Å²) in [7, 11) is 0. The number of carbonyl (C=O) groups is 1. The fourth-order valence-corrected chi connectivity index (χ4v) is 2.48. The summed E-state index contributed by atoms with van der Waals surface area (Å²) in [5.74, 6) is -1.10. The number of ether oxygens (including phenoxy) is 1. The highest BCUT2D eigenvalue weighted by Crippen LogP contribution is 2.43. The Kier molecular flexibility index (Phi) is 2.33. The minimum atomic E-state index is -0.614. The maximum atomic E-state index is 11.5. The third-order valence-corrected chi connectivity index (χ3v) is 3.29. The molecular formula is C10H14O4. The second kappa shape index (κ2) is 3.37. The van der Waals surface area contributed by atoms with Crippen molar-refractivity contribution in [1.82, 2.24) is 0 Å². The molecule has 14 heavy (non-hydrogen) atoms. The van der Waals surface area contributed by atoms with Gasteiger partial charge in [-0.25, -0.2) is 0 Å². The molecular weight excluding hydrogens is 184 g/mol. The lowest BCUT2D eigenvalue weighted by Gasteiger charge is -2.28. The molecule has 1 saturated heterocycles. The van der Waals surface area contributed by atoms with Gasteiger partial charge in [-0.2, -0.15) is 0 Å². The van der Waals surface area contributed by atoms with Crippen molar-refractivity contribution in [2.24, 2.45) is 17.8 Å². The fraction of sp³-hybridized carbons (Fsp3) is 0.700. The Morgan fingerprint density at radius 2 is 2.29 bits per heavy atom. The van der Waals surface area contributed by atoms with E-state index >= 15 is 0 Å². The molecule has 1 heterocycles. The molecule has 1 aliphatic carbocycles. The Morgan fingerprint density at radius 3 is 2.93 bits per heavy atom. The third-order valence-electron chi connectivity index (χ3n) is 3.29. The Balaban J connectivity index is 2.26.